The minimum Gasteiger partial charge on any atom is -0.306 e. The van der Waals surface area contributed by atoms with Crippen molar-refractivity contribution in [1.29, 1.82) is 0 Å². The molecule has 3 heterocycles. The topological polar surface area (TPSA) is 9.86 Å². The molecule has 0 radical (unpaired) electrons. The molecule has 4 heteroatoms. The van der Waals surface area contributed by atoms with Crippen molar-refractivity contribution in [3.05, 3.63) is 194 Å². The summed E-state index contributed by atoms with van der Waals surface area (Å²) >= 11 is 0. The Hall–Kier alpha value is -7.03. The quantitative estimate of drug-likeness (QED) is 0.0994. The van der Waals surface area contributed by atoms with Crippen LogP contribution in [0, 0.1) is 0 Å². The van der Waals surface area contributed by atoms with Gasteiger partial charge in [-0.15, -0.1) is 0 Å². The minimum absolute atomic E-state index is 0.117. The second-order valence-electron chi connectivity index (χ2n) is 15.5. The molecule has 256 valence electrons. The third-order valence-corrected chi connectivity index (χ3v) is 12.8. The Morgan fingerprint density at radius 3 is 1.68 bits per heavy atom. The maximum absolute atomic E-state index is 2.55. The van der Waals surface area contributed by atoms with E-state index in [0.29, 0.717) is 0 Å². The Labute approximate surface area is 325 Å². The molecule has 2 aliphatic heterocycles. The molecule has 0 saturated carbocycles. The van der Waals surface area contributed by atoms with Crippen molar-refractivity contribution >= 4 is 101 Å². The van der Waals surface area contributed by atoms with Gasteiger partial charge in [-0.25, -0.2) is 0 Å². The summed E-state index contributed by atoms with van der Waals surface area (Å²) in [6.45, 7) is 0.318. The maximum atomic E-state index is 2.55. The van der Waals surface area contributed by atoms with Crippen molar-refractivity contribution in [2.45, 2.75) is 0 Å². The molecule has 0 atom stereocenters. The first kappa shape index (κ1) is 30.3. The van der Waals surface area contributed by atoms with E-state index in [2.05, 4.69) is 203 Å². The monoisotopic (exact) mass is 706 g/mol. The lowest BCUT2D eigenvalue weighted by Gasteiger charge is -2.32. The standard InChI is InChI=1S/C52H32B2N2/c1-4-15-35(16-5-1)53-43-24-14-22-39-38-21-10-11-23-42(38)54(50(39)43)44-31-33-28-30-41-49-34(27-29-40(48(33)49)51(44)53)32-47-52(41)56(37-19-8-3-9-20-37)46-26-13-12-25-45(46)55(47)36-17-6-2-7-18-36/h1-32H. The first-order chi connectivity index (χ1) is 27.8. The Morgan fingerprint density at radius 2 is 0.911 bits per heavy atom. The van der Waals surface area contributed by atoms with Gasteiger partial charge in [0.25, 0.3) is 0 Å². The highest BCUT2D eigenvalue weighted by atomic mass is 15.1. The third kappa shape index (κ3) is 3.93. The lowest BCUT2D eigenvalue weighted by atomic mass is 9.21. The van der Waals surface area contributed by atoms with Gasteiger partial charge in [-0.1, -0.05) is 184 Å². The molecule has 0 bridgehead atoms. The summed E-state index contributed by atoms with van der Waals surface area (Å²) in [6, 6.07) is 72.6. The van der Waals surface area contributed by atoms with Gasteiger partial charge in [0.05, 0.1) is 22.1 Å². The van der Waals surface area contributed by atoms with Crippen molar-refractivity contribution < 1.29 is 0 Å². The van der Waals surface area contributed by atoms with Crippen molar-refractivity contribution in [3.8, 4) is 22.5 Å². The fraction of sp³-hybridized carbons (Fsp3) is 0. The van der Waals surface area contributed by atoms with Crippen molar-refractivity contribution in [2.75, 3.05) is 0 Å². The molecule has 2 nitrogen and oxygen atoms in total. The summed E-state index contributed by atoms with van der Waals surface area (Å²) in [5.74, 6) is 0. The molecule has 0 N–H and O–H groups in total. The molecule has 0 unspecified atom stereocenters. The van der Waals surface area contributed by atoms with Gasteiger partial charge in [0.1, 0.15) is 0 Å². The third-order valence-electron chi connectivity index (χ3n) is 12.8. The zero-order valence-corrected chi connectivity index (χ0v) is 30.5. The van der Waals surface area contributed by atoms with Gasteiger partial charge in [0, 0.05) is 16.8 Å². The predicted octanol–water partition coefficient (Wildman–Crippen LogP) is 8.36. The summed E-state index contributed by atoms with van der Waals surface area (Å²) < 4.78 is 4.95. The van der Waals surface area contributed by atoms with E-state index >= 15 is 0 Å². The van der Waals surface area contributed by atoms with E-state index in [1.165, 1.54) is 92.8 Å². The van der Waals surface area contributed by atoms with Crippen molar-refractivity contribution in [1.82, 2.24) is 9.13 Å². The molecule has 1 aromatic heterocycles. The molecule has 0 amide bonds. The van der Waals surface area contributed by atoms with Gasteiger partial charge in [-0.05, 0) is 80.5 Å². The van der Waals surface area contributed by atoms with E-state index in [-0.39, 0.29) is 13.4 Å². The van der Waals surface area contributed by atoms with Gasteiger partial charge < -0.3 is 9.13 Å². The van der Waals surface area contributed by atoms with Crippen LogP contribution in [0.15, 0.2) is 194 Å². The van der Waals surface area contributed by atoms with Gasteiger partial charge >= 0.3 is 0 Å². The SMILES string of the molecule is c1ccc(B2c3cccc4c3B(c3ccccc3-4)c3cc4ccc5c6c(ccc(c32)c46)cc2c5n(-c3ccccc3)c3ccccc3n2-c2ccccc2)cc1. The minimum atomic E-state index is 0.117. The van der Waals surface area contributed by atoms with Crippen molar-refractivity contribution in [2.24, 2.45) is 0 Å². The second-order valence-corrected chi connectivity index (χ2v) is 15.5. The van der Waals surface area contributed by atoms with Crippen LogP contribution in [-0.2, 0) is 0 Å². The summed E-state index contributed by atoms with van der Waals surface area (Å²) in [7, 11) is 0. The van der Waals surface area contributed by atoms with E-state index in [1.54, 1.807) is 0 Å². The van der Waals surface area contributed by atoms with Gasteiger partial charge in [0.15, 0.2) is 0 Å². The molecule has 0 fully saturated rings. The van der Waals surface area contributed by atoms with Gasteiger partial charge in [-0.2, -0.15) is 0 Å². The summed E-state index contributed by atoms with van der Waals surface area (Å²) in [4.78, 5) is 0. The van der Waals surface area contributed by atoms with E-state index in [4.69, 9.17) is 0 Å². The highest BCUT2D eigenvalue weighted by Gasteiger charge is 2.45. The van der Waals surface area contributed by atoms with Crippen LogP contribution < -0.4 is 32.8 Å². The summed E-state index contributed by atoms with van der Waals surface area (Å²) in [5.41, 5.74) is 18.3. The van der Waals surface area contributed by atoms with E-state index in [9.17, 15) is 0 Å². The zero-order valence-electron chi connectivity index (χ0n) is 30.5. The molecule has 0 spiro atoms. The Kier molecular flexibility index (Phi) is 6.09. The van der Waals surface area contributed by atoms with Crippen LogP contribution in [0.2, 0.25) is 0 Å². The fourth-order valence-electron chi connectivity index (χ4n) is 10.7. The van der Waals surface area contributed by atoms with Crippen LogP contribution in [0.3, 0.4) is 0 Å². The normalized spacial score (nSPS) is 12.9. The Morgan fingerprint density at radius 1 is 0.339 bits per heavy atom. The molecular weight excluding hydrogens is 674 g/mol. The number of benzene rings is 10. The smallest absolute Gasteiger partial charge is 0.241 e. The number of hydrogen-bond acceptors (Lipinski definition) is 0. The average Bonchev–Trinajstić information content (AvgIpc) is 3.61. The first-order valence-electron chi connectivity index (χ1n) is 19.7. The second kappa shape index (κ2) is 11.3. The summed E-state index contributed by atoms with van der Waals surface area (Å²) in [5, 5.41) is 7.85. The predicted molar refractivity (Wildman–Crippen MR) is 240 cm³/mol. The van der Waals surface area contributed by atoms with E-state index < -0.39 is 0 Å². The molecule has 0 saturated heterocycles. The molecule has 2 aliphatic rings. The van der Waals surface area contributed by atoms with Crippen LogP contribution in [0.25, 0.3) is 76.9 Å². The highest BCUT2D eigenvalue weighted by Crippen LogP contribution is 2.41. The van der Waals surface area contributed by atoms with Gasteiger partial charge in [-0.3, -0.25) is 0 Å². The fourth-order valence-corrected chi connectivity index (χ4v) is 10.7. The number of fused-ring (bicyclic) bond motifs is 9. The molecule has 56 heavy (non-hydrogen) atoms. The molecule has 0 aliphatic carbocycles. The molecular formula is C52H32B2N2. The maximum Gasteiger partial charge on any atom is 0.241 e. The number of aromatic nitrogens is 2. The first-order valence-corrected chi connectivity index (χ1v) is 19.7. The lowest BCUT2D eigenvalue weighted by Crippen LogP contribution is -2.73. The van der Waals surface area contributed by atoms with E-state index in [0.717, 1.165) is 16.9 Å². The largest absolute Gasteiger partial charge is 0.306 e. The Balaban J connectivity index is 1.22. The van der Waals surface area contributed by atoms with Crippen LogP contribution in [0.1, 0.15) is 0 Å². The van der Waals surface area contributed by atoms with Crippen LogP contribution in [0.5, 0.6) is 0 Å². The number of hydrogen-bond donors (Lipinski definition) is 0. The van der Waals surface area contributed by atoms with Crippen LogP contribution in [0.4, 0.5) is 0 Å². The van der Waals surface area contributed by atoms with Gasteiger partial charge in [0.2, 0.25) is 13.4 Å². The summed E-state index contributed by atoms with van der Waals surface area (Å²) in [6.07, 6.45) is 0. The molecule has 13 rings (SSSR count). The lowest BCUT2D eigenvalue weighted by molar-refractivity contribution is 1.09. The van der Waals surface area contributed by atoms with E-state index in [1.807, 2.05) is 0 Å². The number of rotatable bonds is 3. The van der Waals surface area contributed by atoms with Crippen LogP contribution >= 0.6 is 0 Å². The molecule has 10 aromatic carbocycles. The number of para-hydroxylation sites is 4. The Bertz CT molecular complexity index is 3420. The van der Waals surface area contributed by atoms with Crippen LogP contribution in [-0.4, -0.2) is 22.6 Å². The number of nitrogens with zero attached hydrogens (tertiary/aromatic N) is 2. The molecule has 11 aromatic rings. The van der Waals surface area contributed by atoms with Crippen molar-refractivity contribution in [3.63, 3.8) is 0 Å². The average molecular weight is 706 g/mol. The zero-order chi connectivity index (χ0) is 36.5. The highest BCUT2D eigenvalue weighted by molar-refractivity contribution is 7.13.